The molecule has 14 heavy (non-hydrogen) atoms. The molecule has 1 aliphatic heterocycles. The van der Waals surface area contributed by atoms with Crippen molar-refractivity contribution in [1.29, 1.82) is 0 Å². The number of hydrogen-bond donors (Lipinski definition) is 1. The van der Waals surface area contributed by atoms with Gasteiger partial charge < -0.3 is 14.7 Å². The Balaban J connectivity index is 2.46. The molecule has 1 atom stereocenters. The Bertz CT molecular complexity index is 215. The van der Waals surface area contributed by atoms with E-state index in [2.05, 4.69) is 6.92 Å². The summed E-state index contributed by atoms with van der Waals surface area (Å²) in [6.45, 7) is 4.52. The highest BCUT2D eigenvalue weighted by Crippen LogP contribution is 2.08. The van der Waals surface area contributed by atoms with Crippen LogP contribution in [0.2, 0.25) is 0 Å². The molecule has 0 radical (unpaired) electrons. The van der Waals surface area contributed by atoms with Crippen molar-refractivity contribution < 1.29 is 14.6 Å². The van der Waals surface area contributed by atoms with Crippen molar-refractivity contribution in [2.24, 2.45) is 0 Å². The van der Waals surface area contributed by atoms with Crippen LogP contribution in [0, 0.1) is 0 Å². The van der Waals surface area contributed by atoms with Crippen LogP contribution < -0.4 is 0 Å². The van der Waals surface area contributed by atoms with Crippen molar-refractivity contribution in [3.8, 4) is 0 Å². The van der Waals surface area contributed by atoms with Crippen molar-refractivity contribution in [2.45, 2.75) is 25.9 Å². The van der Waals surface area contributed by atoms with Gasteiger partial charge >= 0.3 is 5.97 Å². The van der Waals surface area contributed by atoms with Gasteiger partial charge in [-0.05, 0) is 12.8 Å². The normalized spacial score (nSPS) is 23.8. The van der Waals surface area contributed by atoms with E-state index in [-0.39, 0.29) is 6.10 Å². The number of carboxylic acid groups (broad SMARTS) is 1. The summed E-state index contributed by atoms with van der Waals surface area (Å²) in [6, 6.07) is 0. The fourth-order valence-electron chi connectivity index (χ4n) is 1.47. The molecule has 1 rings (SSSR count). The van der Waals surface area contributed by atoms with Crippen LogP contribution in [0.25, 0.3) is 0 Å². The first-order valence-electron chi connectivity index (χ1n) is 4.99. The van der Waals surface area contributed by atoms with E-state index in [0.29, 0.717) is 0 Å². The molecule has 0 spiro atoms. The molecule has 0 aliphatic carbocycles. The molecule has 80 valence electrons. The standard InChI is InChI=1S/C10H17NO3/c1-2-9-8-11(5-3-7-14-9)6-4-10(12)13/h4,6,9H,2-3,5,7-8H2,1H3,(H,12,13)/b6-4+. The molecule has 4 nitrogen and oxygen atoms in total. The quantitative estimate of drug-likeness (QED) is 0.691. The predicted molar refractivity (Wildman–Crippen MR) is 53.0 cm³/mol. The van der Waals surface area contributed by atoms with Gasteiger partial charge in [-0.15, -0.1) is 0 Å². The number of rotatable bonds is 3. The van der Waals surface area contributed by atoms with Gasteiger partial charge in [-0.2, -0.15) is 0 Å². The van der Waals surface area contributed by atoms with Gasteiger partial charge in [0.25, 0.3) is 0 Å². The first kappa shape index (κ1) is 11.0. The average molecular weight is 199 g/mol. The molecular formula is C10H17NO3. The maximum Gasteiger partial charge on any atom is 0.329 e. The topological polar surface area (TPSA) is 49.8 Å². The maximum absolute atomic E-state index is 10.3. The van der Waals surface area contributed by atoms with Gasteiger partial charge in [-0.3, -0.25) is 0 Å². The third-order valence-corrected chi connectivity index (χ3v) is 2.26. The molecule has 0 aromatic heterocycles. The Hall–Kier alpha value is -1.03. The summed E-state index contributed by atoms with van der Waals surface area (Å²) in [5, 5.41) is 8.49. The zero-order chi connectivity index (χ0) is 10.4. The van der Waals surface area contributed by atoms with Gasteiger partial charge in [0.1, 0.15) is 0 Å². The molecule has 1 unspecified atom stereocenters. The van der Waals surface area contributed by atoms with Crippen LogP contribution in [0.1, 0.15) is 19.8 Å². The first-order valence-corrected chi connectivity index (χ1v) is 4.99. The van der Waals surface area contributed by atoms with Crippen LogP contribution in [0.3, 0.4) is 0 Å². The second kappa shape index (κ2) is 5.65. The lowest BCUT2D eigenvalue weighted by Crippen LogP contribution is -2.27. The number of nitrogens with zero attached hydrogens (tertiary/aromatic N) is 1. The number of carbonyl (C=O) groups is 1. The summed E-state index contributed by atoms with van der Waals surface area (Å²) in [6.07, 6.45) is 4.98. The maximum atomic E-state index is 10.3. The van der Waals surface area contributed by atoms with Crippen LogP contribution in [0.15, 0.2) is 12.3 Å². The lowest BCUT2D eigenvalue weighted by atomic mass is 10.2. The van der Waals surface area contributed by atoms with E-state index in [9.17, 15) is 4.79 Å². The molecular weight excluding hydrogens is 182 g/mol. The third kappa shape index (κ3) is 3.79. The predicted octanol–water partition coefficient (Wildman–Crippen LogP) is 1.09. The van der Waals surface area contributed by atoms with E-state index in [4.69, 9.17) is 9.84 Å². The zero-order valence-electron chi connectivity index (χ0n) is 8.48. The highest BCUT2D eigenvalue weighted by molar-refractivity contribution is 5.79. The highest BCUT2D eigenvalue weighted by Gasteiger charge is 2.14. The third-order valence-electron chi connectivity index (χ3n) is 2.26. The highest BCUT2D eigenvalue weighted by atomic mass is 16.5. The van der Waals surface area contributed by atoms with E-state index in [1.54, 1.807) is 6.20 Å². The van der Waals surface area contributed by atoms with E-state index in [1.807, 2.05) is 4.90 Å². The van der Waals surface area contributed by atoms with Crippen LogP contribution in [-0.4, -0.2) is 41.8 Å². The lowest BCUT2D eigenvalue weighted by molar-refractivity contribution is -0.131. The number of aliphatic carboxylic acids is 1. The molecule has 0 bridgehead atoms. The van der Waals surface area contributed by atoms with Crippen LogP contribution in [0.4, 0.5) is 0 Å². The van der Waals surface area contributed by atoms with Gasteiger partial charge in [0.2, 0.25) is 0 Å². The Morgan fingerprint density at radius 1 is 1.71 bits per heavy atom. The summed E-state index contributed by atoms with van der Waals surface area (Å²) in [5.74, 6) is -0.900. The second-order valence-electron chi connectivity index (χ2n) is 3.40. The Morgan fingerprint density at radius 2 is 2.50 bits per heavy atom. The number of carboxylic acids is 1. The van der Waals surface area contributed by atoms with Gasteiger partial charge in [-0.1, -0.05) is 6.92 Å². The lowest BCUT2D eigenvalue weighted by Gasteiger charge is -2.20. The minimum atomic E-state index is -0.900. The molecule has 1 aliphatic rings. The van der Waals surface area contributed by atoms with E-state index < -0.39 is 5.97 Å². The Morgan fingerprint density at radius 3 is 3.14 bits per heavy atom. The van der Waals surface area contributed by atoms with Gasteiger partial charge in [0.15, 0.2) is 0 Å². The zero-order valence-corrected chi connectivity index (χ0v) is 8.48. The summed E-state index contributed by atoms with van der Waals surface area (Å²) in [4.78, 5) is 12.3. The second-order valence-corrected chi connectivity index (χ2v) is 3.40. The Kier molecular flexibility index (Phi) is 4.46. The van der Waals surface area contributed by atoms with Crippen molar-refractivity contribution >= 4 is 5.97 Å². The van der Waals surface area contributed by atoms with E-state index in [1.165, 1.54) is 6.08 Å². The van der Waals surface area contributed by atoms with Crippen molar-refractivity contribution in [1.82, 2.24) is 4.90 Å². The molecule has 4 heteroatoms. The minimum Gasteiger partial charge on any atom is -0.478 e. The smallest absolute Gasteiger partial charge is 0.329 e. The van der Waals surface area contributed by atoms with Crippen LogP contribution in [-0.2, 0) is 9.53 Å². The summed E-state index contributed by atoms with van der Waals surface area (Å²) >= 11 is 0. The molecule has 0 amide bonds. The first-order chi connectivity index (χ1) is 6.72. The van der Waals surface area contributed by atoms with Crippen molar-refractivity contribution in [2.75, 3.05) is 19.7 Å². The van der Waals surface area contributed by atoms with E-state index >= 15 is 0 Å². The number of ether oxygens (including phenoxy) is 1. The molecule has 1 N–H and O–H groups in total. The van der Waals surface area contributed by atoms with E-state index in [0.717, 1.165) is 32.5 Å². The summed E-state index contributed by atoms with van der Waals surface area (Å²) in [5.41, 5.74) is 0. The van der Waals surface area contributed by atoms with Crippen LogP contribution >= 0.6 is 0 Å². The van der Waals surface area contributed by atoms with Crippen molar-refractivity contribution in [3.63, 3.8) is 0 Å². The largest absolute Gasteiger partial charge is 0.478 e. The molecule has 0 saturated carbocycles. The molecule has 1 saturated heterocycles. The van der Waals surface area contributed by atoms with Gasteiger partial charge in [0, 0.05) is 32.0 Å². The van der Waals surface area contributed by atoms with Gasteiger partial charge in [-0.25, -0.2) is 4.79 Å². The molecule has 0 aromatic rings. The Labute approximate surface area is 84.2 Å². The molecule has 0 aromatic carbocycles. The van der Waals surface area contributed by atoms with Crippen LogP contribution in [0.5, 0.6) is 0 Å². The SMILES string of the molecule is CCC1CN(/C=C/C(=O)O)CCCO1. The minimum absolute atomic E-state index is 0.232. The fourth-order valence-corrected chi connectivity index (χ4v) is 1.47. The number of hydrogen-bond acceptors (Lipinski definition) is 3. The summed E-state index contributed by atoms with van der Waals surface area (Å²) < 4.78 is 5.57. The monoisotopic (exact) mass is 199 g/mol. The van der Waals surface area contributed by atoms with Crippen molar-refractivity contribution in [3.05, 3.63) is 12.3 Å². The van der Waals surface area contributed by atoms with Gasteiger partial charge in [0.05, 0.1) is 6.10 Å². The average Bonchev–Trinajstić information content (AvgIpc) is 2.39. The molecule has 1 heterocycles. The molecule has 1 fully saturated rings. The summed E-state index contributed by atoms with van der Waals surface area (Å²) in [7, 11) is 0. The fraction of sp³-hybridized carbons (Fsp3) is 0.700.